The normalized spacial score (nSPS) is 15.3. The Morgan fingerprint density at radius 2 is 2.00 bits per heavy atom. The minimum absolute atomic E-state index is 0.165. The van der Waals surface area contributed by atoms with Gasteiger partial charge < -0.3 is 10.4 Å². The molecule has 0 heterocycles. The molecule has 0 fully saturated rings. The third-order valence-corrected chi connectivity index (χ3v) is 3.60. The van der Waals surface area contributed by atoms with Crippen LogP contribution < -0.4 is 5.32 Å². The van der Waals surface area contributed by atoms with E-state index in [1.807, 2.05) is 6.07 Å². The highest BCUT2D eigenvalue weighted by molar-refractivity contribution is 9.10. The van der Waals surface area contributed by atoms with E-state index in [4.69, 9.17) is 0 Å². The van der Waals surface area contributed by atoms with Gasteiger partial charge in [0.15, 0.2) is 0 Å². The molecular weight excluding hydrogens is 302 g/mol. The minimum atomic E-state index is -0.291. The lowest BCUT2D eigenvalue weighted by Crippen LogP contribution is -2.32. The summed E-state index contributed by atoms with van der Waals surface area (Å²) in [5, 5.41) is 13.5. The molecular formula is C16H26BrNO. The van der Waals surface area contributed by atoms with Gasteiger partial charge in [-0.2, -0.15) is 0 Å². The maximum absolute atomic E-state index is 10.1. The number of hydrogen-bond donors (Lipinski definition) is 2. The lowest BCUT2D eigenvalue weighted by Gasteiger charge is -2.25. The van der Waals surface area contributed by atoms with Crippen molar-refractivity contribution in [3.05, 3.63) is 34.3 Å². The van der Waals surface area contributed by atoms with Crippen LogP contribution in [0.4, 0.5) is 0 Å². The fraction of sp³-hybridized carbons (Fsp3) is 0.625. The molecule has 1 aromatic carbocycles. The number of halogens is 1. The molecule has 0 saturated carbocycles. The highest BCUT2D eigenvalue weighted by Gasteiger charge is 2.18. The van der Waals surface area contributed by atoms with Gasteiger partial charge in [-0.05, 0) is 36.0 Å². The summed E-state index contributed by atoms with van der Waals surface area (Å²) >= 11 is 3.50. The smallest absolute Gasteiger partial charge is 0.0669 e. The van der Waals surface area contributed by atoms with Crippen LogP contribution >= 0.6 is 15.9 Å². The molecule has 0 aromatic heterocycles. The highest BCUT2D eigenvalue weighted by Crippen LogP contribution is 2.23. The fourth-order valence-corrected chi connectivity index (χ4v) is 2.70. The van der Waals surface area contributed by atoms with E-state index < -0.39 is 0 Å². The van der Waals surface area contributed by atoms with Crippen LogP contribution in [0.1, 0.15) is 52.1 Å². The molecule has 3 heteroatoms. The summed E-state index contributed by atoms with van der Waals surface area (Å²) in [6.07, 6.45) is 1.54. The molecule has 0 aliphatic rings. The second-order valence-corrected chi connectivity index (χ2v) is 7.26. The van der Waals surface area contributed by atoms with E-state index in [1.165, 1.54) is 5.56 Å². The van der Waals surface area contributed by atoms with Crippen LogP contribution in [-0.2, 0) is 0 Å². The zero-order valence-corrected chi connectivity index (χ0v) is 14.0. The van der Waals surface area contributed by atoms with Gasteiger partial charge >= 0.3 is 0 Å². The molecule has 0 aliphatic heterocycles. The van der Waals surface area contributed by atoms with Crippen molar-refractivity contribution in [1.82, 2.24) is 5.32 Å². The van der Waals surface area contributed by atoms with Crippen LogP contribution in [0.2, 0.25) is 0 Å². The van der Waals surface area contributed by atoms with Crippen molar-refractivity contribution in [2.75, 3.05) is 6.54 Å². The third-order valence-electron chi connectivity index (χ3n) is 3.11. The lowest BCUT2D eigenvalue weighted by molar-refractivity contribution is 0.116. The fourth-order valence-electron chi connectivity index (χ4n) is 2.28. The van der Waals surface area contributed by atoms with Crippen molar-refractivity contribution in [3.63, 3.8) is 0 Å². The van der Waals surface area contributed by atoms with Crippen molar-refractivity contribution in [2.24, 2.45) is 5.41 Å². The molecule has 0 aliphatic carbocycles. The van der Waals surface area contributed by atoms with Gasteiger partial charge in [0, 0.05) is 17.1 Å². The predicted octanol–water partition coefficient (Wildman–Crippen LogP) is 4.29. The Hall–Kier alpha value is -0.380. The molecule has 2 nitrogen and oxygen atoms in total. The largest absolute Gasteiger partial charge is 0.392 e. The van der Waals surface area contributed by atoms with Crippen molar-refractivity contribution < 1.29 is 5.11 Å². The van der Waals surface area contributed by atoms with Gasteiger partial charge in [0.2, 0.25) is 0 Å². The third kappa shape index (κ3) is 6.55. The molecule has 0 saturated heterocycles. The topological polar surface area (TPSA) is 32.3 Å². The van der Waals surface area contributed by atoms with E-state index in [-0.39, 0.29) is 11.5 Å². The van der Waals surface area contributed by atoms with Gasteiger partial charge in [0.25, 0.3) is 0 Å². The molecule has 0 bridgehead atoms. The number of nitrogens with one attached hydrogen (secondary N) is 1. The predicted molar refractivity (Wildman–Crippen MR) is 85.3 cm³/mol. The molecule has 19 heavy (non-hydrogen) atoms. The van der Waals surface area contributed by atoms with E-state index >= 15 is 0 Å². The first-order valence-corrected chi connectivity index (χ1v) is 7.78. The highest BCUT2D eigenvalue weighted by atomic mass is 79.9. The maximum Gasteiger partial charge on any atom is 0.0669 e. The monoisotopic (exact) mass is 327 g/mol. The lowest BCUT2D eigenvalue weighted by atomic mass is 9.89. The van der Waals surface area contributed by atoms with Crippen LogP contribution in [-0.4, -0.2) is 17.8 Å². The average molecular weight is 328 g/mol. The zero-order valence-electron chi connectivity index (χ0n) is 12.4. The molecule has 0 radical (unpaired) electrons. The van der Waals surface area contributed by atoms with E-state index in [0.29, 0.717) is 12.6 Å². The average Bonchev–Trinajstić information content (AvgIpc) is 2.27. The van der Waals surface area contributed by atoms with Crippen molar-refractivity contribution in [2.45, 2.75) is 52.7 Å². The van der Waals surface area contributed by atoms with Gasteiger partial charge in [0.1, 0.15) is 0 Å². The summed E-state index contributed by atoms with van der Waals surface area (Å²) in [6.45, 7) is 9.27. The Balaban J connectivity index is 2.54. The van der Waals surface area contributed by atoms with Gasteiger partial charge in [-0.3, -0.25) is 0 Å². The first-order chi connectivity index (χ1) is 8.81. The van der Waals surface area contributed by atoms with Crippen LogP contribution in [0.15, 0.2) is 28.7 Å². The summed E-state index contributed by atoms with van der Waals surface area (Å²) in [5.41, 5.74) is 1.43. The molecule has 0 amide bonds. The van der Waals surface area contributed by atoms with E-state index in [1.54, 1.807) is 0 Å². The number of rotatable bonds is 6. The minimum Gasteiger partial charge on any atom is -0.392 e. The summed E-state index contributed by atoms with van der Waals surface area (Å²) in [6, 6.07) is 8.64. The SMILES string of the molecule is CCC(NCC(O)CC(C)(C)C)c1cccc(Br)c1. The van der Waals surface area contributed by atoms with Crippen LogP contribution in [0, 0.1) is 5.41 Å². The van der Waals surface area contributed by atoms with E-state index in [0.717, 1.165) is 17.3 Å². The first kappa shape index (κ1) is 16.7. The van der Waals surface area contributed by atoms with Crippen LogP contribution in [0.3, 0.4) is 0 Å². The van der Waals surface area contributed by atoms with Crippen molar-refractivity contribution >= 4 is 15.9 Å². The Morgan fingerprint density at radius 1 is 1.32 bits per heavy atom. The number of hydrogen-bond acceptors (Lipinski definition) is 2. The van der Waals surface area contributed by atoms with Gasteiger partial charge in [-0.1, -0.05) is 55.8 Å². The molecule has 1 aromatic rings. The first-order valence-electron chi connectivity index (χ1n) is 6.98. The molecule has 0 spiro atoms. The summed E-state index contributed by atoms with van der Waals surface area (Å²) in [4.78, 5) is 0. The Labute approximate surface area is 125 Å². The second kappa shape index (κ2) is 7.41. The number of aliphatic hydroxyl groups excluding tert-OH is 1. The number of benzene rings is 1. The van der Waals surface area contributed by atoms with Gasteiger partial charge in [-0.25, -0.2) is 0 Å². The van der Waals surface area contributed by atoms with Gasteiger partial charge in [0.05, 0.1) is 6.10 Å². The molecule has 2 N–H and O–H groups in total. The van der Waals surface area contributed by atoms with Gasteiger partial charge in [-0.15, -0.1) is 0 Å². The molecule has 1 rings (SSSR count). The summed E-state index contributed by atoms with van der Waals surface area (Å²) in [5.74, 6) is 0. The Kier molecular flexibility index (Phi) is 6.51. The standard InChI is InChI=1S/C16H26BrNO/c1-5-15(12-7-6-8-13(17)9-12)18-11-14(19)10-16(2,3)4/h6-9,14-15,18-19H,5,10-11H2,1-4H3. The van der Waals surface area contributed by atoms with Crippen LogP contribution in [0.5, 0.6) is 0 Å². The maximum atomic E-state index is 10.1. The molecule has 2 atom stereocenters. The molecule has 2 unspecified atom stereocenters. The molecule has 108 valence electrons. The summed E-state index contributed by atoms with van der Waals surface area (Å²) < 4.78 is 1.10. The van der Waals surface area contributed by atoms with E-state index in [2.05, 4.69) is 67.1 Å². The van der Waals surface area contributed by atoms with E-state index in [9.17, 15) is 5.11 Å². The van der Waals surface area contributed by atoms with Crippen molar-refractivity contribution in [1.29, 1.82) is 0 Å². The summed E-state index contributed by atoms with van der Waals surface area (Å²) in [7, 11) is 0. The number of aliphatic hydroxyl groups is 1. The van der Waals surface area contributed by atoms with Crippen LogP contribution in [0.25, 0.3) is 0 Å². The Morgan fingerprint density at radius 3 is 2.53 bits per heavy atom. The quantitative estimate of drug-likeness (QED) is 0.817. The van der Waals surface area contributed by atoms with Crippen molar-refractivity contribution in [3.8, 4) is 0 Å². The second-order valence-electron chi connectivity index (χ2n) is 6.34. The Bertz CT molecular complexity index is 387. The zero-order chi connectivity index (χ0) is 14.5.